The van der Waals surface area contributed by atoms with Crippen LogP contribution in [0.5, 0.6) is 0 Å². The van der Waals surface area contributed by atoms with Crippen LogP contribution >= 0.6 is 27.3 Å². The molecule has 2 rings (SSSR count). The van der Waals surface area contributed by atoms with Crippen LogP contribution in [0, 0.1) is 0 Å². The van der Waals surface area contributed by atoms with Crippen LogP contribution in [0.3, 0.4) is 0 Å². The number of halogens is 1. The zero-order valence-electron chi connectivity index (χ0n) is 12.6. The predicted molar refractivity (Wildman–Crippen MR) is 88.1 cm³/mol. The van der Waals surface area contributed by atoms with Gasteiger partial charge in [-0.3, -0.25) is 9.59 Å². The monoisotopic (exact) mass is 372 g/mol. The minimum atomic E-state index is -0.766. The summed E-state index contributed by atoms with van der Waals surface area (Å²) in [7, 11) is 0. The summed E-state index contributed by atoms with van der Waals surface area (Å²) in [6.45, 7) is 6.32. The van der Waals surface area contributed by atoms with Gasteiger partial charge < -0.3 is 10.2 Å². The van der Waals surface area contributed by atoms with Crippen LogP contribution in [-0.2, 0) is 16.1 Å². The molecule has 0 aliphatic carbocycles. The Morgan fingerprint density at radius 3 is 2.62 bits per heavy atom. The van der Waals surface area contributed by atoms with E-state index in [0.717, 1.165) is 15.1 Å². The van der Waals surface area contributed by atoms with E-state index in [-0.39, 0.29) is 17.9 Å². The van der Waals surface area contributed by atoms with Gasteiger partial charge in [-0.1, -0.05) is 20.3 Å². The first kappa shape index (κ1) is 16.5. The number of nitrogens with one attached hydrogen (secondary N) is 1. The number of rotatable bonds is 5. The largest absolute Gasteiger partial charge is 0.342 e. The van der Waals surface area contributed by atoms with Gasteiger partial charge in [-0.2, -0.15) is 0 Å². The Morgan fingerprint density at radius 2 is 2.10 bits per heavy atom. The van der Waals surface area contributed by atoms with Gasteiger partial charge >= 0.3 is 0 Å². The molecule has 116 valence electrons. The van der Waals surface area contributed by atoms with Crippen molar-refractivity contribution in [1.29, 1.82) is 0 Å². The molecule has 1 aromatic rings. The molecular formula is C15H21BrN2O2S. The first-order valence-corrected chi connectivity index (χ1v) is 8.90. The summed E-state index contributed by atoms with van der Waals surface area (Å²) in [4.78, 5) is 28.1. The van der Waals surface area contributed by atoms with Gasteiger partial charge in [0, 0.05) is 4.88 Å². The summed E-state index contributed by atoms with van der Waals surface area (Å²) in [5, 5.41) is 2.89. The Labute approximate surface area is 138 Å². The molecule has 0 saturated carbocycles. The van der Waals surface area contributed by atoms with Crippen LogP contribution in [0.25, 0.3) is 0 Å². The van der Waals surface area contributed by atoms with E-state index in [9.17, 15) is 9.59 Å². The lowest BCUT2D eigenvalue weighted by Gasteiger charge is -2.45. The predicted octanol–water partition coefficient (Wildman–Crippen LogP) is 3.31. The number of carbonyl (C=O) groups is 2. The standard InChI is InChI=1S/C15H21BrN2O2S/c1-4-6-11-13(19)18(9-10-7-8-12(16)21-10)15(3,5-2)14(20)17-11/h7-8,11H,4-6,9H2,1-3H3,(H,17,20). The van der Waals surface area contributed by atoms with Gasteiger partial charge in [0.2, 0.25) is 11.8 Å². The molecule has 0 radical (unpaired) electrons. The zero-order chi connectivity index (χ0) is 15.6. The van der Waals surface area contributed by atoms with Gasteiger partial charge in [-0.15, -0.1) is 11.3 Å². The number of hydrogen-bond acceptors (Lipinski definition) is 3. The molecule has 0 bridgehead atoms. The van der Waals surface area contributed by atoms with E-state index in [1.54, 1.807) is 16.2 Å². The molecule has 4 nitrogen and oxygen atoms in total. The third-order valence-electron chi connectivity index (χ3n) is 4.16. The van der Waals surface area contributed by atoms with Crippen molar-refractivity contribution in [3.05, 3.63) is 20.8 Å². The molecule has 2 atom stereocenters. The Hall–Kier alpha value is -0.880. The maximum absolute atomic E-state index is 12.8. The summed E-state index contributed by atoms with van der Waals surface area (Å²) < 4.78 is 1.04. The van der Waals surface area contributed by atoms with E-state index in [2.05, 4.69) is 21.2 Å². The first-order valence-electron chi connectivity index (χ1n) is 7.29. The zero-order valence-corrected chi connectivity index (χ0v) is 15.0. The summed E-state index contributed by atoms with van der Waals surface area (Å²) in [6, 6.07) is 3.59. The molecule has 2 amide bonds. The summed E-state index contributed by atoms with van der Waals surface area (Å²) >= 11 is 5.04. The van der Waals surface area contributed by atoms with Crippen LogP contribution in [0.15, 0.2) is 15.9 Å². The van der Waals surface area contributed by atoms with E-state index in [1.165, 1.54) is 0 Å². The lowest BCUT2D eigenvalue weighted by atomic mass is 9.89. The van der Waals surface area contributed by atoms with E-state index < -0.39 is 5.54 Å². The Kier molecular flexibility index (Phi) is 5.09. The quantitative estimate of drug-likeness (QED) is 0.861. The molecule has 2 unspecified atom stereocenters. The highest BCUT2D eigenvalue weighted by atomic mass is 79.9. The number of piperazine rings is 1. The fourth-order valence-corrected chi connectivity index (χ4v) is 4.08. The van der Waals surface area contributed by atoms with Gasteiger partial charge in [-0.05, 0) is 47.8 Å². The third kappa shape index (κ3) is 3.16. The maximum Gasteiger partial charge on any atom is 0.246 e. The fourth-order valence-electron chi connectivity index (χ4n) is 2.61. The highest BCUT2D eigenvalue weighted by molar-refractivity contribution is 9.11. The number of amides is 2. The van der Waals surface area contributed by atoms with E-state index in [1.807, 2.05) is 32.9 Å². The van der Waals surface area contributed by atoms with Crippen LogP contribution in [0.4, 0.5) is 0 Å². The van der Waals surface area contributed by atoms with Crippen LogP contribution in [-0.4, -0.2) is 28.3 Å². The molecule has 0 aromatic carbocycles. The number of nitrogens with zero attached hydrogens (tertiary/aromatic N) is 1. The van der Waals surface area contributed by atoms with Gasteiger partial charge in [-0.25, -0.2) is 0 Å². The fraction of sp³-hybridized carbons (Fsp3) is 0.600. The maximum atomic E-state index is 12.8. The molecule has 21 heavy (non-hydrogen) atoms. The molecule has 1 aliphatic rings. The summed E-state index contributed by atoms with van der Waals surface area (Å²) in [5.41, 5.74) is -0.766. The molecular weight excluding hydrogens is 352 g/mol. The van der Waals surface area contributed by atoms with Gasteiger partial charge in [0.05, 0.1) is 10.3 Å². The Bertz CT molecular complexity index is 546. The molecule has 1 aromatic heterocycles. The average molecular weight is 373 g/mol. The minimum absolute atomic E-state index is 0.0327. The Morgan fingerprint density at radius 1 is 1.38 bits per heavy atom. The molecule has 0 spiro atoms. The lowest BCUT2D eigenvalue weighted by Crippen LogP contribution is -2.68. The van der Waals surface area contributed by atoms with Crippen molar-refractivity contribution in [2.75, 3.05) is 0 Å². The van der Waals surface area contributed by atoms with E-state index in [0.29, 0.717) is 19.4 Å². The molecule has 2 heterocycles. The topological polar surface area (TPSA) is 49.4 Å². The highest BCUT2D eigenvalue weighted by Gasteiger charge is 2.47. The lowest BCUT2D eigenvalue weighted by molar-refractivity contribution is -0.157. The number of hydrogen-bond donors (Lipinski definition) is 1. The van der Waals surface area contributed by atoms with Gasteiger partial charge in [0.1, 0.15) is 11.6 Å². The van der Waals surface area contributed by atoms with Crippen molar-refractivity contribution in [2.45, 2.75) is 58.2 Å². The molecule has 6 heteroatoms. The van der Waals surface area contributed by atoms with Gasteiger partial charge in [0.25, 0.3) is 0 Å². The number of thiophene rings is 1. The number of carbonyl (C=O) groups excluding carboxylic acids is 2. The second-order valence-electron chi connectivity index (χ2n) is 5.57. The van der Waals surface area contributed by atoms with E-state index in [4.69, 9.17) is 0 Å². The molecule has 1 aliphatic heterocycles. The minimum Gasteiger partial charge on any atom is -0.342 e. The van der Waals surface area contributed by atoms with Crippen LogP contribution < -0.4 is 5.32 Å². The summed E-state index contributed by atoms with van der Waals surface area (Å²) in [5.74, 6) is -0.0102. The van der Waals surface area contributed by atoms with Crippen LogP contribution in [0.2, 0.25) is 0 Å². The normalized spacial score (nSPS) is 26.1. The third-order valence-corrected chi connectivity index (χ3v) is 5.77. The molecule has 1 saturated heterocycles. The van der Waals surface area contributed by atoms with Crippen molar-refractivity contribution >= 4 is 39.1 Å². The molecule has 1 N–H and O–H groups in total. The second-order valence-corrected chi connectivity index (χ2v) is 8.12. The van der Waals surface area contributed by atoms with Crippen molar-refractivity contribution in [2.24, 2.45) is 0 Å². The first-order chi connectivity index (χ1) is 9.92. The van der Waals surface area contributed by atoms with Crippen molar-refractivity contribution in [3.63, 3.8) is 0 Å². The van der Waals surface area contributed by atoms with Crippen molar-refractivity contribution in [3.8, 4) is 0 Å². The van der Waals surface area contributed by atoms with Crippen LogP contribution in [0.1, 0.15) is 44.9 Å². The smallest absolute Gasteiger partial charge is 0.246 e. The Balaban J connectivity index is 2.30. The van der Waals surface area contributed by atoms with Crippen molar-refractivity contribution in [1.82, 2.24) is 10.2 Å². The molecule has 1 fully saturated rings. The van der Waals surface area contributed by atoms with E-state index >= 15 is 0 Å². The summed E-state index contributed by atoms with van der Waals surface area (Å²) in [6.07, 6.45) is 2.17. The SMILES string of the molecule is CCCC1NC(=O)C(C)(CC)N(Cc2ccc(Br)s2)C1=O. The van der Waals surface area contributed by atoms with Crippen molar-refractivity contribution < 1.29 is 9.59 Å². The van der Waals surface area contributed by atoms with Gasteiger partial charge in [0.15, 0.2) is 0 Å². The average Bonchev–Trinajstić information content (AvgIpc) is 2.86. The highest BCUT2D eigenvalue weighted by Crippen LogP contribution is 2.31. The second kappa shape index (κ2) is 6.48.